The summed E-state index contributed by atoms with van der Waals surface area (Å²) in [5.74, 6) is 0. The van der Waals surface area contributed by atoms with Gasteiger partial charge in [0, 0.05) is 14.2 Å². The molecule has 0 aliphatic carbocycles. The fraction of sp³-hybridized carbons (Fsp3) is 1.00. The summed E-state index contributed by atoms with van der Waals surface area (Å²) < 4.78 is 16.5. The van der Waals surface area contributed by atoms with E-state index < -0.39 is 8.88 Å². The van der Waals surface area contributed by atoms with Crippen LogP contribution in [0.4, 0.5) is 0 Å². The Kier molecular flexibility index (Phi) is 5.92. The summed E-state index contributed by atoms with van der Waals surface area (Å²) in [6.45, 7) is 8.55. The second kappa shape index (κ2) is 6.71. The highest BCUT2D eigenvalue weighted by molar-refractivity contribution is 6.61. The zero-order valence-electron chi connectivity index (χ0n) is 11.2. The second-order valence-corrected chi connectivity index (χ2v) is 7.36. The van der Waals surface area contributed by atoms with E-state index in [4.69, 9.17) is 8.85 Å². The topological polar surface area (TPSA) is 24.9 Å². The van der Waals surface area contributed by atoms with Gasteiger partial charge in [0.1, 0.15) is 0 Å². The lowest BCUT2D eigenvalue weighted by Crippen LogP contribution is -2.69. The van der Waals surface area contributed by atoms with Crippen LogP contribution in [-0.4, -0.2) is 58.4 Å². The molecule has 1 heterocycles. The van der Waals surface area contributed by atoms with Crippen LogP contribution in [0, 0.1) is 0 Å². The molecular weight excluding hydrogens is 220 g/mol. The Morgan fingerprint density at radius 3 is 1.88 bits per heavy atom. The first-order valence-electron chi connectivity index (χ1n) is 6.35. The Labute approximate surface area is 101 Å². The van der Waals surface area contributed by atoms with Gasteiger partial charge in [0.05, 0.1) is 0 Å². The summed E-state index contributed by atoms with van der Waals surface area (Å²) in [6, 6.07) is 0. The number of hydrogen-bond acceptors (Lipinski definition) is 4. The number of nitrogens with zero attached hydrogens (tertiary/aromatic N) is 2. The molecule has 0 aromatic carbocycles. The average Bonchev–Trinajstić information content (AvgIpc) is 2.37. The molecule has 16 heavy (non-hydrogen) atoms. The first kappa shape index (κ1) is 14.1. The third kappa shape index (κ3) is 2.65. The molecule has 0 aromatic rings. The van der Waals surface area contributed by atoms with Gasteiger partial charge in [-0.05, 0) is 39.0 Å². The molecular formula is C11H26N2O2Si. The Morgan fingerprint density at radius 2 is 1.50 bits per heavy atom. The zero-order valence-corrected chi connectivity index (χ0v) is 12.2. The minimum atomic E-state index is -2.31. The highest BCUT2D eigenvalue weighted by Gasteiger charge is 2.49. The predicted molar refractivity (Wildman–Crippen MR) is 68.1 cm³/mol. The van der Waals surface area contributed by atoms with E-state index in [0.717, 1.165) is 26.2 Å². The van der Waals surface area contributed by atoms with Crippen molar-refractivity contribution >= 4 is 8.88 Å². The van der Waals surface area contributed by atoms with Crippen LogP contribution in [0.25, 0.3) is 0 Å². The molecule has 1 rings (SSSR count). The summed E-state index contributed by atoms with van der Waals surface area (Å²) in [4.78, 5) is 0. The molecule has 0 radical (unpaired) electrons. The van der Waals surface area contributed by atoms with E-state index in [1.807, 2.05) is 0 Å². The molecule has 5 heteroatoms. The smallest absolute Gasteiger partial charge is 0.374 e. The summed E-state index contributed by atoms with van der Waals surface area (Å²) >= 11 is 0. The maximum atomic E-state index is 5.84. The van der Waals surface area contributed by atoms with Crippen molar-refractivity contribution < 1.29 is 8.85 Å². The van der Waals surface area contributed by atoms with Crippen molar-refractivity contribution in [2.75, 3.05) is 40.4 Å². The molecule has 0 N–H and O–H groups in total. The average molecular weight is 246 g/mol. The van der Waals surface area contributed by atoms with Crippen LogP contribution in [0.1, 0.15) is 33.1 Å². The first-order valence-corrected chi connectivity index (χ1v) is 8.06. The largest absolute Gasteiger partial charge is 0.521 e. The van der Waals surface area contributed by atoms with Crippen molar-refractivity contribution in [1.29, 1.82) is 0 Å². The van der Waals surface area contributed by atoms with Crippen molar-refractivity contribution in [2.24, 2.45) is 0 Å². The quantitative estimate of drug-likeness (QED) is 0.664. The Balaban J connectivity index is 2.83. The summed E-state index contributed by atoms with van der Waals surface area (Å²) in [7, 11) is 1.28. The monoisotopic (exact) mass is 246 g/mol. The van der Waals surface area contributed by atoms with E-state index in [1.165, 1.54) is 19.3 Å². The molecule has 1 aliphatic rings. The fourth-order valence-electron chi connectivity index (χ4n) is 2.60. The van der Waals surface area contributed by atoms with E-state index >= 15 is 0 Å². The molecule has 0 unspecified atom stereocenters. The first-order chi connectivity index (χ1) is 7.75. The molecule has 4 nitrogen and oxygen atoms in total. The third-order valence-electron chi connectivity index (χ3n) is 3.45. The van der Waals surface area contributed by atoms with Gasteiger partial charge in [-0.25, -0.2) is 0 Å². The van der Waals surface area contributed by atoms with Gasteiger partial charge >= 0.3 is 8.88 Å². The molecule has 0 spiro atoms. The summed E-state index contributed by atoms with van der Waals surface area (Å²) in [6.07, 6.45) is 3.87. The Hall–Kier alpha value is 0.0569. The van der Waals surface area contributed by atoms with Gasteiger partial charge < -0.3 is 8.85 Å². The standard InChI is InChI=1S/C11H26N2O2Si/c1-5-12(6-2)16(14-3,15-4)13-10-8-7-9-11-13/h5-11H2,1-4H3. The van der Waals surface area contributed by atoms with Gasteiger partial charge in [0.15, 0.2) is 0 Å². The van der Waals surface area contributed by atoms with Gasteiger partial charge in [-0.15, -0.1) is 0 Å². The van der Waals surface area contributed by atoms with E-state index in [1.54, 1.807) is 14.2 Å². The van der Waals surface area contributed by atoms with E-state index in [2.05, 4.69) is 23.0 Å². The minimum absolute atomic E-state index is 0.987. The maximum Gasteiger partial charge on any atom is 0.521 e. The summed E-state index contributed by atoms with van der Waals surface area (Å²) in [5, 5.41) is 0. The zero-order chi connectivity index (χ0) is 12.0. The van der Waals surface area contributed by atoms with Crippen molar-refractivity contribution in [3.05, 3.63) is 0 Å². The number of rotatable bonds is 6. The van der Waals surface area contributed by atoms with Gasteiger partial charge in [-0.3, -0.25) is 9.13 Å². The molecule has 0 atom stereocenters. The lowest BCUT2D eigenvalue weighted by Gasteiger charge is -2.45. The van der Waals surface area contributed by atoms with Gasteiger partial charge in [-0.2, -0.15) is 0 Å². The predicted octanol–water partition coefficient (Wildman–Crippen LogP) is 1.54. The van der Waals surface area contributed by atoms with Crippen LogP contribution in [-0.2, 0) is 8.85 Å². The van der Waals surface area contributed by atoms with Crippen LogP contribution < -0.4 is 0 Å². The molecule has 1 fully saturated rings. The molecule has 1 aliphatic heterocycles. The highest BCUT2D eigenvalue weighted by atomic mass is 28.4. The Bertz CT molecular complexity index is 190. The number of hydrogen-bond donors (Lipinski definition) is 0. The van der Waals surface area contributed by atoms with E-state index in [-0.39, 0.29) is 0 Å². The fourth-order valence-corrected chi connectivity index (χ4v) is 5.88. The highest BCUT2D eigenvalue weighted by Crippen LogP contribution is 2.22. The lowest BCUT2D eigenvalue weighted by molar-refractivity contribution is 0.0883. The van der Waals surface area contributed by atoms with Crippen molar-refractivity contribution in [2.45, 2.75) is 33.1 Å². The lowest BCUT2D eigenvalue weighted by atomic mass is 10.2. The summed E-state index contributed by atoms with van der Waals surface area (Å²) in [5.41, 5.74) is 0. The minimum Gasteiger partial charge on any atom is -0.374 e. The molecule has 0 saturated carbocycles. The van der Waals surface area contributed by atoms with Crippen LogP contribution in [0.3, 0.4) is 0 Å². The molecule has 0 aromatic heterocycles. The van der Waals surface area contributed by atoms with E-state index in [9.17, 15) is 0 Å². The number of piperidine rings is 1. The molecule has 1 saturated heterocycles. The van der Waals surface area contributed by atoms with Crippen molar-refractivity contribution in [3.63, 3.8) is 0 Å². The molecule has 96 valence electrons. The second-order valence-electron chi connectivity index (χ2n) is 4.18. The van der Waals surface area contributed by atoms with E-state index in [0.29, 0.717) is 0 Å². The maximum absolute atomic E-state index is 5.84. The van der Waals surface area contributed by atoms with Crippen LogP contribution in [0.2, 0.25) is 0 Å². The van der Waals surface area contributed by atoms with Crippen molar-refractivity contribution in [1.82, 2.24) is 9.13 Å². The normalized spacial score (nSPS) is 19.3. The van der Waals surface area contributed by atoms with Gasteiger partial charge in [0.2, 0.25) is 0 Å². The SMILES string of the molecule is CCN(CC)[Si](OC)(OC)N1CCCCC1. The molecule has 0 bridgehead atoms. The van der Waals surface area contributed by atoms with Crippen molar-refractivity contribution in [3.8, 4) is 0 Å². The van der Waals surface area contributed by atoms with Crippen LogP contribution in [0.5, 0.6) is 0 Å². The van der Waals surface area contributed by atoms with Gasteiger partial charge in [-0.1, -0.05) is 20.3 Å². The van der Waals surface area contributed by atoms with Crippen LogP contribution in [0.15, 0.2) is 0 Å². The Morgan fingerprint density at radius 1 is 1.00 bits per heavy atom. The molecule has 0 amide bonds. The van der Waals surface area contributed by atoms with Gasteiger partial charge in [0.25, 0.3) is 0 Å². The van der Waals surface area contributed by atoms with Crippen LogP contribution >= 0.6 is 0 Å². The third-order valence-corrected chi connectivity index (χ3v) is 7.19.